The standard InChI is InChI=1S/C5H3Cl3N2/c6-2-1-3(9)10-5(8)4(2)7/h1H,(H2,9,10). The average Bonchev–Trinajstić information content (AvgIpc) is 1.82. The first-order valence-corrected chi connectivity index (χ1v) is 3.51. The molecule has 0 aliphatic rings. The van der Waals surface area contributed by atoms with E-state index in [9.17, 15) is 0 Å². The number of halogens is 3. The van der Waals surface area contributed by atoms with E-state index in [1.807, 2.05) is 0 Å². The summed E-state index contributed by atoms with van der Waals surface area (Å²) in [5.74, 6) is 0.263. The maximum atomic E-state index is 5.58. The van der Waals surface area contributed by atoms with Crippen molar-refractivity contribution >= 4 is 40.6 Å². The Balaban J connectivity index is 3.31. The molecule has 0 fully saturated rings. The minimum absolute atomic E-state index is 0.131. The van der Waals surface area contributed by atoms with Gasteiger partial charge in [-0.15, -0.1) is 0 Å². The lowest BCUT2D eigenvalue weighted by atomic mass is 10.5. The number of pyridine rings is 1. The van der Waals surface area contributed by atoms with Crippen molar-refractivity contribution in [2.24, 2.45) is 0 Å². The van der Waals surface area contributed by atoms with Crippen molar-refractivity contribution in [3.63, 3.8) is 0 Å². The fourth-order valence-corrected chi connectivity index (χ4v) is 1.03. The highest BCUT2D eigenvalue weighted by Crippen LogP contribution is 2.29. The summed E-state index contributed by atoms with van der Waals surface area (Å²) in [6.07, 6.45) is 0. The van der Waals surface area contributed by atoms with E-state index in [1.165, 1.54) is 6.07 Å². The van der Waals surface area contributed by atoms with Gasteiger partial charge in [0.1, 0.15) is 5.82 Å². The van der Waals surface area contributed by atoms with Gasteiger partial charge in [0.2, 0.25) is 0 Å². The monoisotopic (exact) mass is 196 g/mol. The highest BCUT2D eigenvalue weighted by Gasteiger charge is 2.04. The molecular weight excluding hydrogens is 194 g/mol. The molecule has 0 bridgehead atoms. The van der Waals surface area contributed by atoms with Crippen LogP contribution in [0, 0.1) is 0 Å². The number of anilines is 1. The van der Waals surface area contributed by atoms with Crippen LogP contribution in [0.4, 0.5) is 5.82 Å². The second-order valence-electron chi connectivity index (χ2n) is 1.63. The van der Waals surface area contributed by atoms with Gasteiger partial charge in [0.05, 0.1) is 10.0 Å². The fourth-order valence-electron chi connectivity index (χ4n) is 0.486. The van der Waals surface area contributed by atoms with Gasteiger partial charge in [-0.1, -0.05) is 34.8 Å². The van der Waals surface area contributed by atoms with E-state index in [-0.39, 0.29) is 16.0 Å². The predicted molar refractivity (Wildman–Crippen MR) is 43.7 cm³/mol. The van der Waals surface area contributed by atoms with E-state index >= 15 is 0 Å². The maximum Gasteiger partial charge on any atom is 0.151 e. The van der Waals surface area contributed by atoms with Gasteiger partial charge in [-0.2, -0.15) is 0 Å². The lowest BCUT2D eigenvalue weighted by molar-refractivity contribution is 1.34. The van der Waals surface area contributed by atoms with E-state index in [1.54, 1.807) is 0 Å². The first-order chi connectivity index (χ1) is 4.61. The van der Waals surface area contributed by atoms with Crippen molar-refractivity contribution in [1.29, 1.82) is 0 Å². The van der Waals surface area contributed by atoms with Crippen LogP contribution in [0.25, 0.3) is 0 Å². The number of nitrogen functional groups attached to an aromatic ring is 1. The van der Waals surface area contributed by atoms with E-state index in [0.29, 0.717) is 5.02 Å². The molecule has 0 saturated heterocycles. The first kappa shape index (κ1) is 7.92. The average molecular weight is 197 g/mol. The fraction of sp³-hybridized carbons (Fsp3) is 0. The molecule has 1 heterocycles. The van der Waals surface area contributed by atoms with Gasteiger partial charge in [0, 0.05) is 6.07 Å². The lowest BCUT2D eigenvalue weighted by Gasteiger charge is -1.97. The van der Waals surface area contributed by atoms with Crippen molar-refractivity contribution in [2.75, 3.05) is 5.73 Å². The third kappa shape index (κ3) is 1.45. The molecule has 0 unspecified atom stereocenters. The summed E-state index contributed by atoms with van der Waals surface area (Å²) in [6, 6.07) is 1.44. The molecule has 2 nitrogen and oxygen atoms in total. The molecule has 0 atom stereocenters. The zero-order valence-corrected chi connectivity index (χ0v) is 7.00. The summed E-state index contributed by atoms with van der Waals surface area (Å²) in [5.41, 5.74) is 5.29. The van der Waals surface area contributed by atoms with Gasteiger partial charge < -0.3 is 5.73 Å². The Morgan fingerprint density at radius 2 is 1.90 bits per heavy atom. The molecule has 0 radical (unpaired) electrons. The van der Waals surface area contributed by atoms with Gasteiger partial charge in [0.25, 0.3) is 0 Å². The zero-order chi connectivity index (χ0) is 7.72. The SMILES string of the molecule is Nc1cc(Cl)c(Cl)c(Cl)n1. The number of rotatable bonds is 0. The number of hydrogen-bond acceptors (Lipinski definition) is 2. The predicted octanol–water partition coefficient (Wildman–Crippen LogP) is 2.62. The molecule has 10 heavy (non-hydrogen) atoms. The van der Waals surface area contributed by atoms with Crippen LogP contribution in [0.1, 0.15) is 0 Å². The van der Waals surface area contributed by atoms with Gasteiger partial charge in [0.15, 0.2) is 5.15 Å². The summed E-state index contributed by atoms with van der Waals surface area (Å²) in [6.45, 7) is 0. The Hall–Kier alpha value is -0.180. The second kappa shape index (κ2) is 2.82. The van der Waals surface area contributed by atoms with Crippen molar-refractivity contribution in [2.45, 2.75) is 0 Å². The lowest BCUT2D eigenvalue weighted by Crippen LogP contribution is -1.90. The Bertz CT molecular complexity index is 238. The number of nitrogens with zero attached hydrogens (tertiary/aromatic N) is 1. The van der Waals surface area contributed by atoms with Crippen LogP contribution in [0.5, 0.6) is 0 Å². The molecule has 0 spiro atoms. The van der Waals surface area contributed by atoms with Crippen LogP contribution < -0.4 is 5.73 Å². The highest BCUT2D eigenvalue weighted by atomic mass is 35.5. The normalized spacial score (nSPS) is 9.90. The molecular formula is C5H3Cl3N2. The van der Waals surface area contributed by atoms with Crippen LogP contribution in [0.15, 0.2) is 6.07 Å². The van der Waals surface area contributed by atoms with Crippen LogP contribution in [-0.4, -0.2) is 4.98 Å². The molecule has 0 aromatic carbocycles. The van der Waals surface area contributed by atoms with Crippen LogP contribution in [0.3, 0.4) is 0 Å². The Morgan fingerprint density at radius 3 is 2.40 bits per heavy atom. The van der Waals surface area contributed by atoms with Crippen molar-refractivity contribution in [3.05, 3.63) is 21.3 Å². The quantitative estimate of drug-likeness (QED) is 0.649. The highest BCUT2D eigenvalue weighted by molar-refractivity contribution is 6.47. The number of nitrogens with two attached hydrogens (primary N) is 1. The molecule has 5 heteroatoms. The van der Waals surface area contributed by atoms with E-state index < -0.39 is 0 Å². The molecule has 54 valence electrons. The molecule has 2 N–H and O–H groups in total. The largest absolute Gasteiger partial charge is 0.384 e. The minimum atomic E-state index is 0.131. The van der Waals surface area contributed by atoms with Gasteiger partial charge >= 0.3 is 0 Å². The smallest absolute Gasteiger partial charge is 0.151 e. The van der Waals surface area contributed by atoms with Gasteiger partial charge in [-0.05, 0) is 0 Å². The summed E-state index contributed by atoms with van der Waals surface area (Å²) in [5, 5.41) is 0.684. The number of aromatic nitrogens is 1. The van der Waals surface area contributed by atoms with Crippen molar-refractivity contribution in [3.8, 4) is 0 Å². The summed E-state index contributed by atoms with van der Waals surface area (Å²) in [7, 11) is 0. The third-order valence-corrected chi connectivity index (χ3v) is 2.04. The van der Waals surface area contributed by atoms with E-state index in [0.717, 1.165) is 0 Å². The summed E-state index contributed by atoms with van der Waals surface area (Å²) >= 11 is 16.7. The Kier molecular flexibility index (Phi) is 2.24. The zero-order valence-electron chi connectivity index (χ0n) is 4.74. The number of hydrogen-bond donors (Lipinski definition) is 1. The van der Waals surface area contributed by atoms with Crippen molar-refractivity contribution in [1.82, 2.24) is 4.98 Å². The second-order valence-corrected chi connectivity index (χ2v) is 2.78. The molecule has 0 amide bonds. The minimum Gasteiger partial charge on any atom is -0.384 e. The van der Waals surface area contributed by atoms with Crippen LogP contribution >= 0.6 is 34.8 Å². The Labute approximate surface area is 72.9 Å². The van der Waals surface area contributed by atoms with E-state index in [2.05, 4.69) is 4.98 Å². The molecule has 0 aliphatic heterocycles. The summed E-state index contributed by atoms with van der Waals surface area (Å²) in [4.78, 5) is 3.66. The molecule has 0 saturated carbocycles. The topological polar surface area (TPSA) is 38.9 Å². The molecule has 0 aliphatic carbocycles. The van der Waals surface area contributed by atoms with Crippen LogP contribution in [-0.2, 0) is 0 Å². The maximum absolute atomic E-state index is 5.58. The van der Waals surface area contributed by atoms with Crippen molar-refractivity contribution < 1.29 is 0 Å². The first-order valence-electron chi connectivity index (χ1n) is 2.38. The van der Waals surface area contributed by atoms with E-state index in [4.69, 9.17) is 40.5 Å². The molecule has 1 rings (SSSR count). The molecule has 1 aromatic rings. The van der Waals surface area contributed by atoms with Gasteiger partial charge in [-0.25, -0.2) is 4.98 Å². The Morgan fingerprint density at radius 1 is 1.30 bits per heavy atom. The van der Waals surface area contributed by atoms with Crippen LogP contribution in [0.2, 0.25) is 15.2 Å². The molecule has 1 aromatic heterocycles. The van der Waals surface area contributed by atoms with Gasteiger partial charge in [-0.3, -0.25) is 0 Å². The third-order valence-electron chi connectivity index (χ3n) is 0.893. The summed E-state index contributed by atoms with van der Waals surface area (Å²) < 4.78 is 0.